The molecule has 0 unspecified atom stereocenters. The SMILES string of the molecule is Clc1c[c-]cc(Cl)c1.[Rh]. The van der Waals surface area contributed by atoms with Crippen molar-refractivity contribution in [1.82, 2.24) is 0 Å². The predicted molar refractivity (Wildman–Crippen MR) is 35.3 cm³/mol. The van der Waals surface area contributed by atoms with Gasteiger partial charge in [0.25, 0.3) is 0 Å². The van der Waals surface area contributed by atoms with E-state index >= 15 is 0 Å². The molecule has 0 saturated heterocycles. The van der Waals surface area contributed by atoms with Gasteiger partial charge in [-0.2, -0.15) is 41.4 Å². The fourth-order valence-corrected chi connectivity index (χ4v) is 0.833. The molecular weight excluding hydrogens is 246 g/mol. The van der Waals surface area contributed by atoms with Crippen molar-refractivity contribution in [3.63, 3.8) is 0 Å². The average molecular weight is 249 g/mol. The van der Waals surface area contributed by atoms with Crippen molar-refractivity contribution in [3.8, 4) is 0 Å². The first-order valence-electron chi connectivity index (χ1n) is 2.11. The van der Waals surface area contributed by atoms with Gasteiger partial charge in [-0.3, -0.25) is 0 Å². The summed E-state index contributed by atoms with van der Waals surface area (Å²) >= 11 is 11.1. The Morgan fingerprint density at radius 1 is 1.11 bits per heavy atom. The Bertz CT molecular complexity index is 171. The minimum Gasteiger partial charge on any atom is -0.181 e. The molecule has 9 heavy (non-hydrogen) atoms. The molecule has 0 atom stereocenters. The predicted octanol–water partition coefficient (Wildman–Crippen LogP) is 2.79. The van der Waals surface area contributed by atoms with E-state index in [1.807, 2.05) is 0 Å². The Hall–Kier alpha value is 0.423. The van der Waals surface area contributed by atoms with Gasteiger partial charge in [-0.05, 0) is 0 Å². The first-order valence-corrected chi connectivity index (χ1v) is 2.87. The van der Waals surface area contributed by atoms with Crippen LogP contribution in [-0.2, 0) is 19.5 Å². The van der Waals surface area contributed by atoms with Gasteiger partial charge >= 0.3 is 0 Å². The van der Waals surface area contributed by atoms with Crippen LogP contribution in [0.4, 0.5) is 0 Å². The molecule has 1 aromatic rings. The van der Waals surface area contributed by atoms with Gasteiger partial charge in [-0.1, -0.05) is 10.0 Å². The summed E-state index contributed by atoms with van der Waals surface area (Å²) in [5, 5.41) is 1.25. The molecule has 0 heterocycles. The number of benzene rings is 1. The summed E-state index contributed by atoms with van der Waals surface area (Å²) < 4.78 is 0. The van der Waals surface area contributed by atoms with Crippen LogP contribution in [0.3, 0.4) is 0 Å². The van der Waals surface area contributed by atoms with Crippen molar-refractivity contribution in [3.05, 3.63) is 34.3 Å². The fraction of sp³-hybridized carbons (Fsp3) is 0. The molecule has 51 valence electrons. The molecule has 0 aliphatic rings. The van der Waals surface area contributed by atoms with Crippen LogP contribution in [0, 0.1) is 6.07 Å². The summed E-state index contributed by atoms with van der Waals surface area (Å²) in [4.78, 5) is 0. The fourth-order valence-electron chi connectivity index (χ4n) is 0.416. The van der Waals surface area contributed by atoms with Crippen molar-refractivity contribution in [2.24, 2.45) is 0 Å². The number of rotatable bonds is 0. The molecule has 0 aliphatic heterocycles. The van der Waals surface area contributed by atoms with Crippen molar-refractivity contribution >= 4 is 23.2 Å². The van der Waals surface area contributed by atoms with Gasteiger partial charge in [-0.25, -0.2) is 0 Å². The third-order valence-corrected chi connectivity index (χ3v) is 1.15. The molecule has 1 radical (unpaired) electrons. The van der Waals surface area contributed by atoms with Crippen LogP contribution in [0.2, 0.25) is 10.0 Å². The number of hydrogen-bond acceptors (Lipinski definition) is 0. The van der Waals surface area contributed by atoms with E-state index in [-0.39, 0.29) is 19.5 Å². The Kier molecular flexibility index (Phi) is 4.47. The normalized spacial score (nSPS) is 8.22. The largest absolute Gasteiger partial charge is 0.181 e. The molecule has 0 bridgehead atoms. The molecule has 0 fully saturated rings. The first kappa shape index (κ1) is 9.42. The molecule has 0 spiro atoms. The van der Waals surface area contributed by atoms with Crippen LogP contribution in [0.5, 0.6) is 0 Å². The zero-order valence-corrected chi connectivity index (χ0v) is 7.47. The second kappa shape index (κ2) is 4.27. The minimum absolute atomic E-state index is 0. The monoisotopic (exact) mass is 248 g/mol. The smallest absolute Gasteiger partial charge is 0 e. The Balaban J connectivity index is 0.000000640. The summed E-state index contributed by atoms with van der Waals surface area (Å²) in [5.41, 5.74) is 0. The second-order valence-electron chi connectivity index (χ2n) is 1.37. The van der Waals surface area contributed by atoms with Crippen LogP contribution in [0.1, 0.15) is 0 Å². The van der Waals surface area contributed by atoms with Gasteiger partial charge in [0.05, 0.1) is 0 Å². The maximum Gasteiger partial charge on any atom is 0 e. The van der Waals surface area contributed by atoms with Gasteiger partial charge in [0, 0.05) is 19.5 Å². The zero-order chi connectivity index (χ0) is 5.98. The van der Waals surface area contributed by atoms with Crippen molar-refractivity contribution in [2.75, 3.05) is 0 Å². The zero-order valence-electron chi connectivity index (χ0n) is 4.32. The molecular formula is C6H3Cl2Rh-. The molecule has 0 saturated carbocycles. The standard InChI is InChI=1S/C6H3Cl2.Rh/c7-5-2-1-3-6(8)4-5;/h2-4H;/q-1;. The maximum absolute atomic E-state index is 5.53. The van der Waals surface area contributed by atoms with E-state index in [4.69, 9.17) is 23.2 Å². The van der Waals surface area contributed by atoms with Gasteiger partial charge in [0.15, 0.2) is 0 Å². The van der Waals surface area contributed by atoms with E-state index in [2.05, 4.69) is 6.07 Å². The van der Waals surface area contributed by atoms with Gasteiger partial charge < -0.3 is 0 Å². The van der Waals surface area contributed by atoms with Crippen molar-refractivity contribution < 1.29 is 19.5 Å². The summed E-state index contributed by atoms with van der Waals surface area (Å²) in [6.45, 7) is 0. The molecule has 0 aliphatic carbocycles. The molecule has 3 heteroatoms. The van der Waals surface area contributed by atoms with Crippen molar-refractivity contribution in [1.29, 1.82) is 0 Å². The van der Waals surface area contributed by atoms with Crippen LogP contribution in [-0.4, -0.2) is 0 Å². The van der Waals surface area contributed by atoms with E-state index in [0.717, 1.165) is 0 Å². The van der Waals surface area contributed by atoms with Crippen LogP contribution in [0.15, 0.2) is 18.2 Å². The Labute approximate surface area is 76.9 Å². The van der Waals surface area contributed by atoms with E-state index in [1.165, 1.54) is 0 Å². The van der Waals surface area contributed by atoms with Crippen LogP contribution in [0.25, 0.3) is 0 Å². The maximum atomic E-state index is 5.53. The Morgan fingerprint density at radius 2 is 1.56 bits per heavy atom. The molecule has 1 aromatic carbocycles. The van der Waals surface area contributed by atoms with E-state index in [0.29, 0.717) is 10.0 Å². The molecule has 0 nitrogen and oxygen atoms in total. The Morgan fingerprint density at radius 3 is 1.78 bits per heavy atom. The summed E-state index contributed by atoms with van der Waals surface area (Å²) in [7, 11) is 0. The quantitative estimate of drug-likeness (QED) is 0.489. The summed E-state index contributed by atoms with van der Waals surface area (Å²) in [6, 6.07) is 7.75. The molecule has 0 N–H and O–H groups in total. The van der Waals surface area contributed by atoms with E-state index < -0.39 is 0 Å². The molecule has 0 amide bonds. The van der Waals surface area contributed by atoms with Crippen LogP contribution < -0.4 is 0 Å². The van der Waals surface area contributed by atoms with E-state index in [1.54, 1.807) is 18.2 Å². The van der Waals surface area contributed by atoms with Gasteiger partial charge in [0.1, 0.15) is 0 Å². The molecule has 0 aromatic heterocycles. The molecule has 1 rings (SSSR count). The average Bonchev–Trinajstić information content (AvgIpc) is 1.64. The third-order valence-electron chi connectivity index (χ3n) is 0.718. The minimum atomic E-state index is 0. The van der Waals surface area contributed by atoms with Gasteiger partial charge in [0.2, 0.25) is 0 Å². The first-order chi connectivity index (χ1) is 3.79. The second-order valence-corrected chi connectivity index (χ2v) is 2.24. The summed E-state index contributed by atoms with van der Waals surface area (Å²) in [6.07, 6.45) is 0. The summed E-state index contributed by atoms with van der Waals surface area (Å²) in [5.74, 6) is 0. The van der Waals surface area contributed by atoms with E-state index in [9.17, 15) is 0 Å². The number of hydrogen-bond donors (Lipinski definition) is 0. The topological polar surface area (TPSA) is 0 Å². The van der Waals surface area contributed by atoms with Crippen LogP contribution >= 0.6 is 23.2 Å². The number of halogens is 2. The van der Waals surface area contributed by atoms with Gasteiger partial charge in [-0.15, -0.1) is 6.07 Å². The third kappa shape index (κ3) is 3.20. The van der Waals surface area contributed by atoms with Crippen molar-refractivity contribution in [2.45, 2.75) is 0 Å².